The quantitative estimate of drug-likeness (QED) is 0.715. The van der Waals surface area contributed by atoms with E-state index in [0.717, 1.165) is 17.2 Å². The molecule has 0 saturated heterocycles. The first-order valence-electron chi connectivity index (χ1n) is 9.36. The van der Waals surface area contributed by atoms with Gasteiger partial charge >= 0.3 is 5.97 Å². The van der Waals surface area contributed by atoms with E-state index in [1.54, 1.807) is 42.5 Å². The van der Waals surface area contributed by atoms with E-state index in [2.05, 4.69) is 10.4 Å². The number of nitrogens with zero attached hydrogens (tertiary/aromatic N) is 2. The molecule has 2 heterocycles. The molecule has 158 valence electrons. The lowest BCUT2D eigenvalue weighted by molar-refractivity contribution is -0.140. The summed E-state index contributed by atoms with van der Waals surface area (Å²) in [6.07, 6.45) is 1.72. The minimum Gasteiger partial charge on any atom is -0.493 e. The van der Waals surface area contributed by atoms with Crippen LogP contribution in [0.3, 0.4) is 0 Å². The Bertz CT molecular complexity index is 1160. The number of carboxylic acid groups (broad SMARTS) is 1. The Morgan fingerprint density at radius 2 is 1.87 bits per heavy atom. The van der Waals surface area contributed by atoms with Crippen molar-refractivity contribution in [1.29, 1.82) is 0 Å². The number of fused-ring (bicyclic) bond motifs is 2. The number of benzene rings is 2. The maximum Gasteiger partial charge on any atom is 0.328 e. The fourth-order valence-electron chi connectivity index (χ4n) is 3.87. The van der Waals surface area contributed by atoms with Crippen molar-refractivity contribution in [2.24, 2.45) is 5.10 Å². The van der Waals surface area contributed by atoms with Gasteiger partial charge in [0.1, 0.15) is 0 Å². The Balaban J connectivity index is 1.83. The summed E-state index contributed by atoms with van der Waals surface area (Å²) in [5.41, 5.74) is 0.878. The lowest BCUT2D eigenvalue weighted by atomic mass is 9.85. The summed E-state index contributed by atoms with van der Waals surface area (Å²) in [6, 6.07) is 12.2. The molecule has 1 unspecified atom stereocenters. The van der Waals surface area contributed by atoms with Gasteiger partial charge < -0.3 is 19.9 Å². The molecule has 4 rings (SSSR count). The molecule has 31 heavy (non-hydrogen) atoms. The van der Waals surface area contributed by atoms with Crippen LogP contribution in [0.4, 0.5) is 5.69 Å². The number of amides is 2. The molecule has 0 aliphatic carbocycles. The van der Waals surface area contributed by atoms with E-state index in [9.17, 15) is 14.4 Å². The molecule has 2 aliphatic rings. The van der Waals surface area contributed by atoms with Crippen molar-refractivity contribution in [3.05, 3.63) is 65.7 Å². The summed E-state index contributed by atoms with van der Waals surface area (Å²) in [7, 11) is 3.03. The van der Waals surface area contributed by atoms with Crippen LogP contribution in [-0.2, 0) is 19.9 Å². The molecule has 0 radical (unpaired) electrons. The van der Waals surface area contributed by atoms with E-state index >= 15 is 0 Å². The molecule has 0 aromatic heterocycles. The van der Waals surface area contributed by atoms with Gasteiger partial charge in [-0.3, -0.25) is 9.59 Å². The number of ether oxygens (including phenoxy) is 2. The number of hydrazone groups is 1. The van der Waals surface area contributed by atoms with Crippen LogP contribution in [0.15, 0.2) is 59.7 Å². The number of para-hydroxylation sites is 1. The first kappa shape index (κ1) is 20.1. The van der Waals surface area contributed by atoms with Crippen LogP contribution in [0.1, 0.15) is 17.5 Å². The third kappa shape index (κ3) is 3.20. The number of carboxylic acids is 1. The monoisotopic (exact) mass is 421 g/mol. The highest BCUT2D eigenvalue weighted by atomic mass is 16.5. The van der Waals surface area contributed by atoms with Crippen molar-refractivity contribution < 1.29 is 29.0 Å². The van der Waals surface area contributed by atoms with Gasteiger partial charge in [-0.1, -0.05) is 18.2 Å². The fourth-order valence-corrected chi connectivity index (χ4v) is 3.87. The third-order valence-electron chi connectivity index (χ3n) is 5.30. The second-order valence-electron chi connectivity index (χ2n) is 6.97. The van der Waals surface area contributed by atoms with E-state index in [1.165, 1.54) is 14.2 Å². The summed E-state index contributed by atoms with van der Waals surface area (Å²) in [5, 5.41) is 17.2. The normalized spacial score (nSPS) is 19.4. The second kappa shape index (κ2) is 7.60. The van der Waals surface area contributed by atoms with Gasteiger partial charge in [0.15, 0.2) is 17.0 Å². The smallest absolute Gasteiger partial charge is 0.328 e. The Kier molecular flexibility index (Phi) is 4.94. The van der Waals surface area contributed by atoms with Crippen molar-refractivity contribution in [2.45, 2.75) is 12.0 Å². The Hall–Kier alpha value is -4.14. The van der Waals surface area contributed by atoms with Crippen LogP contribution >= 0.6 is 0 Å². The SMILES string of the molecule is COc1ccc(C2=NN(C(=O)/C=C/C(=O)O)C3(C2)C(=O)Nc2ccccc23)cc1OC. The molecular formula is C22H19N3O6. The van der Waals surface area contributed by atoms with Gasteiger partial charge in [-0.05, 0) is 24.3 Å². The van der Waals surface area contributed by atoms with E-state index in [4.69, 9.17) is 14.6 Å². The number of aliphatic carboxylic acids is 1. The van der Waals surface area contributed by atoms with Gasteiger partial charge in [0.25, 0.3) is 11.8 Å². The molecule has 1 spiro atoms. The highest BCUT2D eigenvalue weighted by molar-refractivity contribution is 6.16. The van der Waals surface area contributed by atoms with Crippen LogP contribution in [0.25, 0.3) is 0 Å². The number of rotatable bonds is 5. The Morgan fingerprint density at radius 1 is 1.13 bits per heavy atom. The number of methoxy groups -OCH3 is 2. The molecular weight excluding hydrogens is 402 g/mol. The van der Waals surface area contributed by atoms with E-state index in [-0.39, 0.29) is 6.42 Å². The van der Waals surface area contributed by atoms with E-state index < -0.39 is 23.3 Å². The highest BCUT2D eigenvalue weighted by Gasteiger charge is 2.57. The number of hydrogen-bond acceptors (Lipinski definition) is 6. The summed E-state index contributed by atoms with van der Waals surface area (Å²) >= 11 is 0. The molecule has 2 aromatic carbocycles. The molecule has 0 saturated carbocycles. The lowest BCUT2D eigenvalue weighted by Gasteiger charge is -2.29. The molecule has 9 heteroatoms. The molecule has 1 atom stereocenters. The summed E-state index contributed by atoms with van der Waals surface area (Å²) in [5.74, 6) is -1.40. The third-order valence-corrected chi connectivity index (χ3v) is 5.30. The van der Waals surface area contributed by atoms with Gasteiger partial charge in [-0.2, -0.15) is 5.10 Å². The first-order chi connectivity index (χ1) is 14.9. The van der Waals surface area contributed by atoms with E-state index in [1.807, 2.05) is 0 Å². The number of anilines is 1. The molecule has 0 bridgehead atoms. The standard InChI is InChI=1S/C22H19N3O6/c1-30-17-8-7-13(11-18(17)31-2)16-12-22(25(24-16)19(26)9-10-20(27)28)14-5-3-4-6-15(14)23-21(22)29/h3-11H,12H2,1-2H3,(H,23,29)(H,27,28)/b10-9+. The van der Waals surface area contributed by atoms with Crippen molar-refractivity contribution in [3.8, 4) is 11.5 Å². The average molecular weight is 421 g/mol. The fraction of sp³-hybridized carbons (Fsp3) is 0.182. The van der Waals surface area contributed by atoms with Gasteiger partial charge in [-0.25, -0.2) is 9.80 Å². The minimum atomic E-state index is -1.42. The van der Waals surface area contributed by atoms with Crippen LogP contribution in [0.5, 0.6) is 11.5 Å². The summed E-state index contributed by atoms with van der Waals surface area (Å²) in [4.78, 5) is 37.0. The van der Waals surface area contributed by atoms with E-state index in [0.29, 0.717) is 34.0 Å². The maximum atomic E-state index is 13.1. The largest absolute Gasteiger partial charge is 0.493 e. The van der Waals surface area contributed by atoms with Crippen molar-refractivity contribution in [3.63, 3.8) is 0 Å². The molecule has 0 fully saturated rings. The molecule has 9 nitrogen and oxygen atoms in total. The average Bonchev–Trinajstić information content (AvgIpc) is 3.31. The predicted octanol–water partition coefficient (Wildman–Crippen LogP) is 2.13. The molecule has 2 amide bonds. The zero-order valence-electron chi connectivity index (χ0n) is 16.8. The van der Waals surface area contributed by atoms with Gasteiger partial charge in [0.2, 0.25) is 0 Å². The number of carbonyl (C=O) groups is 3. The van der Waals surface area contributed by atoms with Crippen LogP contribution in [-0.4, -0.2) is 47.8 Å². The molecule has 2 aliphatic heterocycles. The van der Waals surface area contributed by atoms with Crippen molar-refractivity contribution in [2.75, 3.05) is 19.5 Å². The van der Waals surface area contributed by atoms with Gasteiger partial charge in [0.05, 0.1) is 19.9 Å². The van der Waals surface area contributed by atoms with Crippen molar-refractivity contribution in [1.82, 2.24) is 5.01 Å². The number of carbonyl (C=O) groups excluding carboxylic acids is 2. The summed E-state index contributed by atoms with van der Waals surface area (Å²) in [6.45, 7) is 0. The predicted molar refractivity (Wildman–Crippen MR) is 111 cm³/mol. The zero-order chi connectivity index (χ0) is 22.2. The summed E-state index contributed by atoms with van der Waals surface area (Å²) < 4.78 is 10.6. The van der Waals surface area contributed by atoms with Gasteiger partial charge in [0, 0.05) is 35.4 Å². The first-order valence-corrected chi connectivity index (χ1v) is 9.36. The topological polar surface area (TPSA) is 118 Å². The van der Waals surface area contributed by atoms with Crippen LogP contribution in [0.2, 0.25) is 0 Å². The van der Waals surface area contributed by atoms with Crippen LogP contribution < -0.4 is 14.8 Å². The highest BCUT2D eigenvalue weighted by Crippen LogP contribution is 2.47. The Labute approximate surface area is 177 Å². The van der Waals surface area contributed by atoms with Crippen LogP contribution in [0, 0.1) is 0 Å². The second-order valence-corrected chi connectivity index (χ2v) is 6.97. The van der Waals surface area contributed by atoms with Crippen molar-refractivity contribution >= 4 is 29.2 Å². The zero-order valence-corrected chi connectivity index (χ0v) is 16.8. The molecule has 2 aromatic rings. The van der Waals surface area contributed by atoms with Gasteiger partial charge in [-0.15, -0.1) is 0 Å². The Morgan fingerprint density at radius 3 is 2.58 bits per heavy atom. The maximum absolute atomic E-state index is 13.1. The number of nitrogens with one attached hydrogen (secondary N) is 1. The minimum absolute atomic E-state index is 0.109. The number of hydrogen-bond donors (Lipinski definition) is 2. The molecule has 2 N–H and O–H groups in total. The lowest BCUT2D eigenvalue weighted by Crippen LogP contribution is -2.48.